The lowest BCUT2D eigenvalue weighted by Crippen LogP contribution is -2.12. The number of nitrogens with zero attached hydrogens (tertiary/aromatic N) is 2. The van der Waals surface area contributed by atoms with Gasteiger partial charge in [0.2, 0.25) is 10.0 Å². The van der Waals surface area contributed by atoms with E-state index < -0.39 is 21.8 Å². The van der Waals surface area contributed by atoms with Crippen LogP contribution in [0.1, 0.15) is 11.1 Å². The van der Waals surface area contributed by atoms with E-state index >= 15 is 0 Å². The topological polar surface area (TPSA) is 78.0 Å². The molecule has 0 amide bonds. The second kappa shape index (κ2) is 7.92. The number of aryl methyl sites for hydroxylation is 1. The van der Waals surface area contributed by atoms with Crippen LogP contribution in [0, 0.1) is 6.92 Å². The normalized spacial score (nSPS) is 12.2. The molecule has 164 valence electrons. The maximum Gasteiger partial charge on any atom is 0.416 e. The van der Waals surface area contributed by atoms with Gasteiger partial charge in [-0.25, -0.2) is 18.2 Å². The smallest absolute Gasteiger partial charge is 0.232 e. The average Bonchev–Trinajstić information content (AvgIpc) is 3.19. The van der Waals surface area contributed by atoms with E-state index in [9.17, 15) is 21.6 Å². The van der Waals surface area contributed by atoms with E-state index in [2.05, 4.69) is 5.10 Å². The van der Waals surface area contributed by atoms with Crippen molar-refractivity contribution < 1.29 is 21.6 Å². The van der Waals surface area contributed by atoms with Crippen molar-refractivity contribution in [1.29, 1.82) is 0 Å². The van der Waals surface area contributed by atoms with E-state index in [0.29, 0.717) is 22.6 Å². The Bertz CT molecular complexity index is 1360. The summed E-state index contributed by atoms with van der Waals surface area (Å²) >= 11 is 0. The number of hydrogen-bond acceptors (Lipinski definition) is 3. The summed E-state index contributed by atoms with van der Waals surface area (Å²) in [7, 11) is -3.86. The number of alkyl halides is 3. The molecule has 4 aromatic rings. The fourth-order valence-electron chi connectivity index (χ4n) is 3.26. The molecule has 0 saturated carbocycles. The first-order chi connectivity index (χ1) is 15.0. The SMILES string of the molecule is Cc1ccc(-c2cc(-c3ccc(C(F)(F)F)cc3)n(-c3ccc(S(N)(=O)=O)cc3)n2)cc1. The summed E-state index contributed by atoms with van der Waals surface area (Å²) in [6.07, 6.45) is -4.44. The van der Waals surface area contributed by atoms with Gasteiger partial charge in [-0.1, -0.05) is 42.0 Å². The minimum absolute atomic E-state index is 0.0526. The molecule has 0 aliphatic heterocycles. The minimum atomic E-state index is -4.44. The molecule has 3 aromatic carbocycles. The lowest BCUT2D eigenvalue weighted by molar-refractivity contribution is -0.137. The maximum atomic E-state index is 13.0. The summed E-state index contributed by atoms with van der Waals surface area (Å²) in [5.41, 5.74) is 3.40. The van der Waals surface area contributed by atoms with E-state index in [1.165, 1.54) is 24.3 Å². The van der Waals surface area contributed by atoms with E-state index in [1.54, 1.807) is 22.9 Å². The van der Waals surface area contributed by atoms with E-state index in [1.807, 2.05) is 31.2 Å². The Morgan fingerprint density at radius 2 is 1.41 bits per heavy atom. The third-order valence-corrected chi connectivity index (χ3v) is 5.90. The molecule has 4 rings (SSSR count). The van der Waals surface area contributed by atoms with Crippen LogP contribution in [0.2, 0.25) is 0 Å². The second-order valence-electron chi connectivity index (χ2n) is 7.31. The van der Waals surface area contributed by atoms with Crippen LogP contribution < -0.4 is 5.14 Å². The molecule has 0 aliphatic rings. The van der Waals surface area contributed by atoms with Crippen molar-refractivity contribution in [2.45, 2.75) is 18.0 Å². The Kier molecular flexibility index (Phi) is 5.39. The van der Waals surface area contributed by atoms with Gasteiger partial charge in [-0.2, -0.15) is 18.3 Å². The van der Waals surface area contributed by atoms with E-state index in [4.69, 9.17) is 5.14 Å². The first kappa shape index (κ1) is 21.8. The van der Waals surface area contributed by atoms with Crippen molar-refractivity contribution in [3.63, 3.8) is 0 Å². The Labute approximate surface area is 183 Å². The lowest BCUT2D eigenvalue weighted by atomic mass is 10.1. The molecule has 0 fully saturated rings. The van der Waals surface area contributed by atoms with Crippen molar-refractivity contribution in [3.05, 3.63) is 90.0 Å². The van der Waals surface area contributed by atoms with Crippen molar-refractivity contribution in [1.82, 2.24) is 9.78 Å². The van der Waals surface area contributed by atoms with Crippen molar-refractivity contribution in [3.8, 4) is 28.2 Å². The highest BCUT2D eigenvalue weighted by Gasteiger charge is 2.30. The number of primary sulfonamides is 1. The third-order valence-electron chi connectivity index (χ3n) is 4.97. The number of nitrogens with two attached hydrogens (primary N) is 1. The zero-order valence-corrected chi connectivity index (χ0v) is 17.7. The Morgan fingerprint density at radius 3 is 1.94 bits per heavy atom. The van der Waals surface area contributed by atoms with E-state index in [-0.39, 0.29) is 4.90 Å². The molecule has 0 saturated heterocycles. The molecule has 1 aromatic heterocycles. The van der Waals surface area contributed by atoms with Crippen LogP contribution in [0.5, 0.6) is 0 Å². The van der Waals surface area contributed by atoms with Gasteiger partial charge in [0.05, 0.1) is 27.5 Å². The third kappa shape index (κ3) is 4.44. The molecule has 0 atom stereocenters. The number of sulfonamides is 1. The quantitative estimate of drug-likeness (QED) is 0.459. The van der Waals surface area contributed by atoms with Crippen LogP contribution in [0.15, 0.2) is 83.8 Å². The van der Waals surface area contributed by atoms with Crippen molar-refractivity contribution in [2.75, 3.05) is 0 Å². The predicted molar refractivity (Wildman–Crippen MR) is 116 cm³/mol. The van der Waals surface area contributed by atoms with Crippen LogP contribution in [0.3, 0.4) is 0 Å². The number of aromatic nitrogens is 2. The molecule has 0 aliphatic carbocycles. The Balaban J connectivity index is 1.85. The number of halogens is 3. The van der Waals surface area contributed by atoms with Crippen LogP contribution in [0.4, 0.5) is 13.2 Å². The minimum Gasteiger partial charge on any atom is -0.232 e. The molecule has 0 unspecified atom stereocenters. The largest absolute Gasteiger partial charge is 0.416 e. The molecule has 0 spiro atoms. The molecule has 0 bridgehead atoms. The number of rotatable bonds is 4. The van der Waals surface area contributed by atoms with E-state index in [0.717, 1.165) is 23.3 Å². The highest BCUT2D eigenvalue weighted by atomic mass is 32.2. The first-order valence-corrected chi connectivity index (χ1v) is 11.0. The summed E-state index contributed by atoms with van der Waals surface area (Å²) in [6, 6.07) is 20.1. The number of benzene rings is 3. The zero-order valence-electron chi connectivity index (χ0n) is 16.8. The van der Waals surface area contributed by atoms with Crippen LogP contribution in [-0.4, -0.2) is 18.2 Å². The van der Waals surface area contributed by atoms with Gasteiger partial charge < -0.3 is 0 Å². The molecular formula is C23H18F3N3O2S. The van der Waals surface area contributed by atoms with Gasteiger partial charge in [-0.3, -0.25) is 0 Å². The molecule has 0 radical (unpaired) electrons. The molecule has 9 heteroatoms. The Hall–Kier alpha value is -3.43. The van der Waals surface area contributed by atoms with Crippen LogP contribution in [0.25, 0.3) is 28.2 Å². The molecule has 32 heavy (non-hydrogen) atoms. The molecule has 5 nitrogen and oxygen atoms in total. The Morgan fingerprint density at radius 1 is 0.844 bits per heavy atom. The summed E-state index contributed by atoms with van der Waals surface area (Å²) in [6.45, 7) is 1.96. The van der Waals surface area contributed by atoms with Gasteiger partial charge in [-0.05, 0) is 49.4 Å². The second-order valence-corrected chi connectivity index (χ2v) is 8.87. The summed E-state index contributed by atoms with van der Waals surface area (Å²) in [5.74, 6) is 0. The first-order valence-electron chi connectivity index (χ1n) is 9.50. The number of hydrogen-bond donors (Lipinski definition) is 1. The van der Waals surface area contributed by atoms with Crippen molar-refractivity contribution >= 4 is 10.0 Å². The van der Waals surface area contributed by atoms with Crippen LogP contribution >= 0.6 is 0 Å². The average molecular weight is 457 g/mol. The van der Waals surface area contributed by atoms with Gasteiger partial charge in [0.25, 0.3) is 0 Å². The summed E-state index contributed by atoms with van der Waals surface area (Å²) in [5, 5.41) is 9.80. The molecule has 2 N–H and O–H groups in total. The van der Waals surface area contributed by atoms with Gasteiger partial charge >= 0.3 is 6.18 Å². The fraction of sp³-hybridized carbons (Fsp3) is 0.0870. The van der Waals surface area contributed by atoms with Crippen LogP contribution in [-0.2, 0) is 16.2 Å². The monoisotopic (exact) mass is 457 g/mol. The summed E-state index contributed by atoms with van der Waals surface area (Å²) in [4.78, 5) is -0.0526. The zero-order chi connectivity index (χ0) is 23.1. The fourth-order valence-corrected chi connectivity index (χ4v) is 3.77. The summed E-state index contributed by atoms with van der Waals surface area (Å²) < 4.78 is 63.6. The predicted octanol–water partition coefficient (Wildman–Crippen LogP) is 5.18. The van der Waals surface area contributed by atoms with Gasteiger partial charge in [0.1, 0.15) is 0 Å². The lowest BCUT2D eigenvalue weighted by Gasteiger charge is -2.10. The van der Waals surface area contributed by atoms with Gasteiger partial charge in [0.15, 0.2) is 0 Å². The maximum absolute atomic E-state index is 13.0. The standard InChI is InChI=1S/C23H18F3N3O2S/c1-15-2-4-16(5-3-15)21-14-22(17-6-8-18(9-7-17)23(24,25)26)29(28-21)19-10-12-20(13-11-19)32(27,30)31/h2-14H,1H3,(H2,27,30,31). The molecule has 1 heterocycles. The molecular weight excluding hydrogens is 439 g/mol. The van der Waals surface area contributed by atoms with Crippen molar-refractivity contribution in [2.24, 2.45) is 5.14 Å². The highest BCUT2D eigenvalue weighted by molar-refractivity contribution is 7.89. The van der Waals surface area contributed by atoms with Gasteiger partial charge in [0, 0.05) is 11.1 Å². The highest BCUT2D eigenvalue weighted by Crippen LogP contribution is 2.33. The van der Waals surface area contributed by atoms with Gasteiger partial charge in [-0.15, -0.1) is 0 Å².